The second kappa shape index (κ2) is 8.59. The Labute approximate surface area is 173 Å². The summed E-state index contributed by atoms with van der Waals surface area (Å²) in [5.41, 5.74) is 2.73. The van der Waals surface area contributed by atoms with Crippen molar-refractivity contribution in [3.05, 3.63) is 90.0 Å². The number of para-hydroxylation sites is 1. The molecule has 1 amide bonds. The number of fused-ring (bicyclic) bond motifs is 1. The highest BCUT2D eigenvalue weighted by Crippen LogP contribution is 2.32. The van der Waals surface area contributed by atoms with Gasteiger partial charge in [-0.05, 0) is 35.6 Å². The Morgan fingerprint density at radius 2 is 1.68 bits per heavy atom. The minimum absolute atomic E-state index is 0.0144. The van der Waals surface area contributed by atoms with Crippen molar-refractivity contribution in [3.63, 3.8) is 0 Å². The number of anilines is 1. The number of rotatable bonds is 6. The summed E-state index contributed by atoms with van der Waals surface area (Å²) < 4.78 is 1.08. The Hall–Kier alpha value is -2.63. The Kier molecular flexibility index (Phi) is 5.74. The van der Waals surface area contributed by atoms with Gasteiger partial charge in [0, 0.05) is 4.90 Å². The van der Waals surface area contributed by atoms with Crippen LogP contribution in [0.4, 0.5) is 5.13 Å². The number of thioether (sulfide) groups is 1. The highest BCUT2D eigenvalue weighted by Gasteiger charge is 2.23. The molecule has 0 bridgehead atoms. The molecule has 5 heteroatoms. The van der Waals surface area contributed by atoms with E-state index in [1.165, 1.54) is 0 Å². The van der Waals surface area contributed by atoms with Crippen LogP contribution in [0.25, 0.3) is 10.2 Å². The predicted molar refractivity (Wildman–Crippen MR) is 119 cm³/mol. The molecule has 0 unspecified atom stereocenters. The van der Waals surface area contributed by atoms with Gasteiger partial charge in [0.25, 0.3) is 5.91 Å². The molecule has 0 spiro atoms. The summed E-state index contributed by atoms with van der Waals surface area (Å²) in [6, 6.07) is 25.9. The van der Waals surface area contributed by atoms with Gasteiger partial charge < -0.3 is 0 Å². The smallest absolute Gasteiger partial charge is 0.261 e. The SMILES string of the molecule is CCSc1ccccc1C(=O)N(Cc1ccccc1)c1nc2ccccc2s1. The van der Waals surface area contributed by atoms with E-state index in [2.05, 4.69) is 6.92 Å². The largest absolute Gasteiger partial charge is 0.279 e. The Bertz CT molecular complexity index is 1060. The van der Waals surface area contributed by atoms with E-state index in [1.54, 1.807) is 28.0 Å². The third kappa shape index (κ3) is 3.96. The van der Waals surface area contributed by atoms with E-state index < -0.39 is 0 Å². The van der Waals surface area contributed by atoms with Gasteiger partial charge in [0.05, 0.1) is 22.3 Å². The molecule has 0 aliphatic carbocycles. The van der Waals surface area contributed by atoms with Crippen molar-refractivity contribution in [2.45, 2.75) is 18.4 Å². The van der Waals surface area contributed by atoms with Crippen LogP contribution in [0.5, 0.6) is 0 Å². The second-order valence-electron chi connectivity index (χ2n) is 6.27. The summed E-state index contributed by atoms with van der Waals surface area (Å²) in [6.45, 7) is 2.59. The van der Waals surface area contributed by atoms with Gasteiger partial charge in [-0.3, -0.25) is 9.69 Å². The van der Waals surface area contributed by atoms with Gasteiger partial charge in [0.2, 0.25) is 0 Å². The van der Waals surface area contributed by atoms with Crippen molar-refractivity contribution in [1.82, 2.24) is 4.98 Å². The lowest BCUT2D eigenvalue weighted by Crippen LogP contribution is -2.30. The minimum atomic E-state index is -0.0144. The lowest BCUT2D eigenvalue weighted by molar-refractivity contribution is 0.0982. The van der Waals surface area contributed by atoms with Gasteiger partial charge in [-0.15, -0.1) is 11.8 Å². The zero-order valence-corrected chi connectivity index (χ0v) is 17.2. The molecule has 4 aromatic rings. The van der Waals surface area contributed by atoms with Gasteiger partial charge in [-0.1, -0.05) is 72.9 Å². The molecule has 0 radical (unpaired) electrons. The standard InChI is InChI=1S/C23H20N2OS2/c1-2-27-20-14-8-6-12-18(20)22(26)25(16-17-10-4-3-5-11-17)23-24-19-13-7-9-15-21(19)28-23/h3-15H,2,16H2,1H3. The monoisotopic (exact) mass is 404 g/mol. The van der Waals surface area contributed by atoms with Crippen molar-refractivity contribution < 1.29 is 4.79 Å². The fourth-order valence-electron chi connectivity index (χ4n) is 3.04. The van der Waals surface area contributed by atoms with Gasteiger partial charge in [0.1, 0.15) is 0 Å². The number of carbonyl (C=O) groups is 1. The molecule has 0 atom stereocenters. The molecule has 0 aliphatic heterocycles. The van der Waals surface area contributed by atoms with Crippen molar-refractivity contribution in [3.8, 4) is 0 Å². The number of aromatic nitrogens is 1. The molecule has 0 N–H and O–H groups in total. The third-order valence-corrected chi connectivity index (χ3v) is 6.37. The van der Waals surface area contributed by atoms with Crippen molar-refractivity contribution in [1.29, 1.82) is 0 Å². The molecule has 0 fully saturated rings. The van der Waals surface area contributed by atoms with Gasteiger partial charge in [0.15, 0.2) is 5.13 Å². The maximum Gasteiger partial charge on any atom is 0.261 e. The van der Waals surface area contributed by atoms with Crippen LogP contribution >= 0.6 is 23.1 Å². The average Bonchev–Trinajstić information content (AvgIpc) is 3.17. The fraction of sp³-hybridized carbons (Fsp3) is 0.130. The Morgan fingerprint density at radius 1 is 0.964 bits per heavy atom. The minimum Gasteiger partial charge on any atom is -0.279 e. The number of benzene rings is 3. The van der Waals surface area contributed by atoms with Crippen LogP contribution in [0, 0.1) is 0 Å². The first-order valence-corrected chi connectivity index (χ1v) is 11.0. The topological polar surface area (TPSA) is 33.2 Å². The Morgan fingerprint density at radius 3 is 2.46 bits per heavy atom. The van der Waals surface area contributed by atoms with Crippen molar-refractivity contribution >= 4 is 44.4 Å². The van der Waals surface area contributed by atoms with Crippen LogP contribution < -0.4 is 4.90 Å². The molecule has 3 aromatic carbocycles. The molecule has 28 heavy (non-hydrogen) atoms. The number of thiazole rings is 1. The van der Waals surface area contributed by atoms with Crippen molar-refractivity contribution in [2.75, 3.05) is 10.7 Å². The van der Waals surface area contributed by atoms with Crippen LogP contribution in [0.2, 0.25) is 0 Å². The van der Waals surface area contributed by atoms with E-state index in [4.69, 9.17) is 4.98 Å². The highest BCUT2D eigenvalue weighted by atomic mass is 32.2. The number of hydrogen-bond acceptors (Lipinski definition) is 4. The molecule has 4 rings (SSSR count). The molecular weight excluding hydrogens is 384 g/mol. The van der Waals surface area contributed by atoms with Crippen molar-refractivity contribution in [2.24, 2.45) is 0 Å². The van der Waals surface area contributed by atoms with E-state index in [0.29, 0.717) is 6.54 Å². The Balaban J connectivity index is 1.77. The van der Waals surface area contributed by atoms with E-state index >= 15 is 0 Å². The molecule has 3 nitrogen and oxygen atoms in total. The molecular formula is C23H20N2OS2. The zero-order valence-electron chi connectivity index (χ0n) is 15.5. The first kappa shape index (κ1) is 18.7. The fourth-order valence-corrected chi connectivity index (χ4v) is 4.80. The zero-order chi connectivity index (χ0) is 19.3. The molecule has 1 heterocycles. The normalized spacial score (nSPS) is 10.9. The molecule has 0 aliphatic rings. The van der Waals surface area contributed by atoms with Gasteiger partial charge in [-0.2, -0.15) is 0 Å². The predicted octanol–water partition coefficient (Wildman–Crippen LogP) is 6.26. The molecule has 0 saturated heterocycles. The van der Waals surface area contributed by atoms with Crippen LogP contribution in [-0.4, -0.2) is 16.6 Å². The molecule has 140 valence electrons. The lowest BCUT2D eigenvalue weighted by atomic mass is 10.1. The van der Waals surface area contributed by atoms with E-state index in [0.717, 1.165) is 37.1 Å². The summed E-state index contributed by atoms with van der Waals surface area (Å²) in [5.74, 6) is 0.906. The second-order valence-corrected chi connectivity index (χ2v) is 8.59. The summed E-state index contributed by atoms with van der Waals surface area (Å²) in [7, 11) is 0. The van der Waals surface area contributed by atoms with Crippen LogP contribution in [0.1, 0.15) is 22.8 Å². The summed E-state index contributed by atoms with van der Waals surface area (Å²) in [6.07, 6.45) is 0. The molecule has 1 aromatic heterocycles. The van der Waals surface area contributed by atoms with Crippen LogP contribution in [0.15, 0.2) is 83.8 Å². The highest BCUT2D eigenvalue weighted by molar-refractivity contribution is 7.99. The summed E-state index contributed by atoms with van der Waals surface area (Å²) in [5, 5.41) is 0.728. The number of amides is 1. The van der Waals surface area contributed by atoms with Gasteiger partial charge in [-0.25, -0.2) is 4.98 Å². The van der Waals surface area contributed by atoms with Crippen LogP contribution in [0.3, 0.4) is 0 Å². The average molecular weight is 405 g/mol. The maximum atomic E-state index is 13.6. The van der Waals surface area contributed by atoms with E-state index in [9.17, 15) is 4.79 Å². The molecule has 0 saturated carbocycles. The lowest BCUT2D eigenvalue weighted by Gasteiger charge is -2.21. The third-order valence-electron chi connectivity index (χ3n) is 4.36. The van der Waals surface area contributed by atoms with E-state index in [1.807, 2.05) is 78.9 Å². The number of carbonyl (C=O) groups excluding carboxylic acids is 1. The van der Waals surface area contributed by atoms with Gasteiger partial charge >= 0.3 is 0 Å². The van der Waals surface area contributed by atoms with Crippen LogP contribution in [-0.2, 0) is 6.54 Å². The summed E-state index contributed by atoms with van der Waals surface area (Å²) in [4.78, 5) is 21.2. The first-order valence-electron chi connectivity index (χ1n) is 9.19. The quantitative estimate of drug-likeness (QED) is 0.356. The number of hydrogen-bond donors (Lipinski definition) is 0. The first-order chi connectivity index (χ1) is 13.8. The number of nitrogens with zero attached hydrogens (tertiary/aromatic N) is 2. The summed E-state index contributed by atoms with van der Waals surface area (Å²) >= 11 is 3.24. The van der Waals surface area contributed by atoms with E-state index in [-0.39, 0.29) is 5.91 Å². The maximum absolute atomic E-state index is 13.6.